The number of imide groups is 1. The lowest BCUT2D eigenvalue weighted by atomic mass is 9.91. The molecule has 4 aromatic carbocycles. The minimum absolute atomic E-state index is 0.288. The predicted octanol–water partition coefficient (Wildman–Crippen LogP) is 4.63. The summed E-state index contributed by atoms with van der Waals surface area (Å²) in [5.41, 5.74) is 2.73. The van der Waals surface area contributed by atoms with Crippen LogP contribution < -0.4 is 4.74 Å². The third-order valence-corrected chi connectivity index (χ3v) is 5.55. The van der Waals surface area contributed by atoms with E-state index in [-0.39, 0.29) is 11.8 Å². The Morgan fingerprint density at radius 2 is 1.30 bits per heavy atom. The summed E-state index contributed by atoms with van der Waals surface area (Å²) in [6, 6.07) is 20.9. The summed E-state index contributed by atoms with van der Waals surface area (Å²) >= 11 is 0. The average molecular weight is 391 g/mol. The van der Waals surface area contributed by atoms with E-state index >= 15 is 0 Å². The van der Waals surface area contributed by atoms with Crippen LogP contribution in [0, 0.1) is 11.8 Å². The standard InChI is InChI=1S/C26H17NO3/c1-27-25(28)21-9-5-8-19-17(12-14-22(24(19)21)26(27)29)11-10-16-13-15-23(30-2)20-7-4-3-6-18(16)20/h3-9,12-15H,1-2H3. The second-order valence-corrected chi connectivity index (χ2v) is 7.17. The molecule has 0 aromatic heterocycles. The molecule has 0 atom stereocenters. The summed E-state index contributed by atoms with van der Waals surface area (Å²) in [5, 5.41) is 3.50. The van der Waals surface area contributed by atoms with Crippen LogP contribution in [0.25, 0.3) is 21.5 Å². The van der Waals surface area contributed by atoms with Gasteiger partial charge in [0, 0.05) is 45.5 Å². The molecule has 4 nitrogen and oxygen atoms in total. The van der Waals surface area contributed by atoms with E-state index in [2.05, 4.69) is 11.8 Å². The highest BCUT2D eigenvalue weighted by Crippen LogP contribution is 2.32. The fraction of sp³-hybridized carbons (Fsp3) is 0.0769. The number of fused-ring (bicyclic) bond motifs is 1. The molecule has 0 saturated carbocycles. The van der Waals surface area contributed by atoms with Crippen LogP contribution >= 0.6 is 0 Å². The number of carbonyl (C=O) groups excluding carboxylic acids is 2. The number of ether oxygens (including phenoxy) is 1. The summed E-state index contributed by atoms with van der Waals surface area (Å²) in [5.74, 6) is 6.75. The molecule has 5 rings (SSSR count). The predicted molar refractivity (Wildman–Crippen MR) is 117 cm³/mol. The molecule has 144 valence electrons. The van der Waals surface area contributed by atoms with E-state index < -0.39 is 0 Å². The Labute approximate surface area is 173 Å². The molecule has 1 heterocycles. The molecule has 4 aromatic rings. The summed E-state index contributed by atoms with van der Waals surface area (Å²) in [6.45, 7) is 0. The molecule has 0 unspecified atom stereocenters. The van der Waals surface area contributed by atoms with Crippen molar-refractivity contribution in [3.8, 4) is 17.6 Å². The highest BCUT2D eigenvalue weighted by Gasteiger charge is 2.30. The lowest BCUT2D eigenvalue weighted by molar-refractivity contribution is 0.0650. The van der Waals surface area contributed by atoms with Gasteiger partial charge in [0.05, 0.1) is 7.11 Å². The molecule has 0 spiro atoms. The van der Waals surface area contributed by atoms with Gasteiger partial charge < -0.3 is 4.74 Å². The summed E-state index contributed by atoms with van der Waals surface area (Å²) in [4.78, 5) is 26.3. The monoisotopic (exact) mass is 391 g/mol. The maximum Gasteiger partial charge on any atom is 0.261 e. The van der Waals surface area contributed by atoms with Gasteiger partial charge in [-0.25, -0.2) is 0 Å². The van der Waals surface area contributed by atoms with Gasteiger partial charge in [-0.15, -0.1) is 0 Å². The largest absolute Gasteiger partial charge is 0.496 e. The Balaban J connectivity index is 1.71. The number of benzene rings is 4. The van der Waals surface area contributed by atoms with Crippen molar-refractivity contribution in [1.82, 2.24) is 4.90 Å². The topological polar surface area (TPSA) is 46.6 Å². The minimum Gasteiger partial charge on any atom is -0.496 e. The number of amides is 2. The number of methoxy groups -OCH3 is 1. The summed E-state index contributed by atoms with van der Waals surface area (Å²) in [7, 11) is 3.16. The van der Waals surface area contributed by atoms with Crippen LogP contribution in [-0.2, 0) is 0 Å². The second-order valence-electron chi connectivity index (χ2n) is 7.17. The Hall–Kier alpha value is -4.10. The third-order valence-electron chi connectivity index (χ3n) is 5.55. The maximum absolute atomic E-state index is 12.6. The molecule has 0 radical (unpaired) electrons. The number of hydrogen-bond acceptors (Lipinski definition) is 3. The van der Waals surface area contributed by atoms with Crippen molar-refractivity contribution in [2.75, 3.05) is 14.2 Å². The van der Waals surface area contributed by atoms with Crippen LogP contribution in [0.15, 0.2) is 66.7 Å². The number of carbonyl (C=O) groups is 2. The zero-order valence-corrected chi connectivity index (χ0v) is 16.5. The van der Waals surface area contributed by atoms with E-state index in [1.165, 1.54) is 7.05 Å². The number of hydrogen-bond donors (Lipinski definition) is 0. The number of nitrogens with zero attached hydrogens (tertiary/aromatic N) is 1. The van der Waals surface area contributed by atoms with Crippen LogP contribution in [0.5, 0.6) is 5.75 Å². The second kappa shape index (κ2) is 6.75. The molecule has 0 fully saturated rings. The molecule has 1 aliphatic rings. The first-order valence-corrected chi connectivity index (χ1v) is 9.56. The normalized spacial score (nSPS) is 12.8. The summed E-state index contributed by atoms with van der Waals surface area (Å²) in [6.07, 6.45) is 0. The van der Waals surface area contributed by atoms with E-state index in [0.717, 1.165) is 37.9 Å². The van der Waals surface area contributed by atoms with Crippen LogP contribution in [0.4, 0.5) is 0 Å². The first kappa shape index (κ1) is 18.0. The summed E-state index contributed by atoms with van der Waals surface area (Å²) < 4.78 is 5.46. The Morgan fingerprint density at radius 1 is 0.700 bits per heavy atom. The molecule has 4 heteroatoms. The van der Waals surface area contributed by atoms with Crippen LogP contribution in [0.2, 0.25) is 0 Å². The molecule has 0 saturated heterocycles. The Morgan fingerprint density at radius 3 is 2.03 bits per heavy atom. The molecular weight excluding hydrogens is 374 g/mol. The smallest absolute Gasteiger partial charge is 0.261 e. The Kier molecular flexibility index (Phi) is 4.04. The zero-order valence-electron chi connectivity index (χ0n) is 16.5. The third kappa shape index (κ3) is 2.57. The van der Waals surface area contributed by atoms with Gasteiger partial charge in [-0.05, 0) is 35.7 Å². The van der Waals surface area contributed by atoms with Crippen molar-refractivity contribution < 1.29 is 14.3 Å². The van der Waals surface area contributed by atoms with E-state index in [1.807, 2.05) is 54.6 Å². The lowest BCUT2D eigenvalue weighted by Crippen LogP contribution is -2.36. The number of rotatable bonds is 1. The zero-order chi connectivity index (χ0) is 20.8. The Bertz CT molecular complexity index is 1420. The van der Waals surface area contributed by atoms with Crippen molar-refractivity contribution in [1.29, 1.82) is 0 Å². The SMILES string of the molecule is COc1ccc(C#Cc2ccc3c4c(cccc24)C(=O)N(C)C3=O)c2ccccc12. The highest BCUT2D eigenvalue weighted by atomic mass is 16.5. The van der Waals surface area contributed by atoms with Crippen molar-refractivity contribution in [3.05, 3.63) is 89.0 Å². The first-order chi connectivity index (χ1) is 14.6. The van der Waals surface area contributed by atoms with Crippen LogP contribution in [0.3, 0.4) is 0 Å². The molecule has 0 bridgehead atoms. The van der Waals surface area contributed by atoms with Crippen molar-refractivity contribution in [2.45, 2.75) is 0 Å². The molecule has 0 aliphatic carbocycles. The van der Waals surface area contributed by atoms with Gasteiger partial charge in [0.1, 0.15) is 5.75 Å². The highest BCUT2D eigenvalue weighted by molar-refractivity contribution is 6.25. The molecular formula is C26H17NO3. The van der Waals surface area contributed by atoms with Crippen molar-refractivity contribution in [2.24, 2.45) is 0 Å². The van der Waals surface area contributed by atoms with Crippen molar-refractivity contribution >= 4 is 33.4 Å². The van der Waals surface area contributed by atoms with Crippen LogP contribution in [-0.4, -0.2) is 30.9 Å². The molecule has 1 aliphatic heterocycles. The van der Waals surface area contributed by atoms with Crippen molar-refractivity contribution in [3.63, 3.8) is 0 Å². The lowest BCUT2D eigenvalue weighted by Gasteiger charge is -2.23. The van der Waals surface area contributed by atoms with E-state index in [4.69, 9.17) is 4.74 Å². The van der Waals surface area contributed by atoms with E-state index in [1.54, 1.807) is 19.2 Å². The fourth-order valence-electron chi connectivity index (χ4n) is 4.02. The maximum atomic E-state index is 12.6. The quantitative estimate of drug-likeness (QED) is 0.351. The van der Waals surface area contributed by atoms with Gasteiger partial charge in [-0.3, -0.25) is 14.5 Å². The first-order valence-electron chi connectivity index (χ1n) is 9.56. The molecule has 30 heavy (non-hydrogen) atoms. The molecule has 0 N–H and O–H groups in total. The van der Waals surface area contributed by atoms with Crippen LogP contribution in [0.1, 0.15) is 31.8 Å². The van der Waals surface area contributed by atoms with Gasteiger partial charge in [0.2, 0.25) is 0 Å². The molecule has 2 amide bonds. The minimum atomic E-state index is -0.288. The van der Waals surface area contributed by atoms with Gasteiger partial charge in [-0.2, -0.15) is 0 Å². The average Bonchev–Trinajstić information content (AvgIpc) is 2.79. The van der Waals surface area contributed by atoms with Gasteiger partial charge in [0.25, 0.3) is 11.8 Å². The van der Waals surface area contributed by atoms with Gasteiger partial charge in [0.15, 0.2) is 0 Å². The van der Waals surface area contributed by atoms with E-state index in [9.17, 15) is 9.59 Å². The fourth-order valence-corrected chi connectivity index (χ4v) is 4.02. The van der Waals surface area contributed by atoms with E-state index in [0.29, 0.717) is 16.5 Å². The van der Waals surface area contributed by atoms with Gasteiger partial charge in [-0.1, -0.05) is 48.2 Å². The van der Waals surface area contributed by atoms with Gasteiger partial charge >= 0.3 is 0 Å².